The summed E-state index contributed by atoms with van der Waals surface area (Å²) in [6.45, 7) is 0. The molecular formula is C77H58N2. The number of rotatable bonds is 10. The van der Waals surface area contributed by atoms with Crippen molar-refractivity contribution in [1.29, 1.82) is 0 Å². The molecule has 2 aliphatic rings. The zero-order valence-electron chi connectivity index (χ0n) is 44.1. The Labute approximate surface area is 463 Å². The van der Waals surface area contributed by atoms with Crippen LogP contribution in [0.4, 0.5) is 17.1 Å². The molecule has 0 spiro atoms. The van der Waals surface area contributed by atoms with Gasteiger partial charge in [-0.3, -0.25) is 0 Å². The molecule has 376 valence electrons. The molecule has 1 saturated carbocycles. The largest absolute Gasteiger partial charge is 0.309 e. The Morgan fingerprint density at radius 2 is 0.861 bits per heavy atom. The summed E-state index contributed by atoms with van der Waals surface area (Å²) in [5, 5.41) is 5.13. The molecule has 0 radical (unpaired) electrons. The molecule has 15 rings (SSSR count). The minimum Gasteiger partial charge on any atom is -0.309 e. The third-order valence-electron chi connectivity index (χ3n) is 17.5. The average molecular weight is 1010 g/mol. The van der Waals surface area contributed by atoms with Crippen LogP contribution >= 0.6 is 0 Å². The highest BCUT2D eigenvalue weighted by molar-refractivity contribution is 6.15. The molecule has 1 aromatic heterocycles. The van der Waals surface area contributed by atoms with E-state index in [0.717, 1.165) is 39.4 Å². The van der Waals surface area contributed by atoms with Crippen molar-refractivity contribution in [3.05, 3.63) is 313 Å². The molecule has 2 nitrogen and oxygen atoms in total. The fourth-order valence-electron chi connectivity index (χ4n) is 14.1. The van der Waals surface area contributed by atoms with E-state index in [9.17, 15) is 0 Å². The van der Waals surface area contributed by atoms with Crippen LogP contribution in [0.1, 0.15) is 65.8 Å². The van der Waals surface area contributed by atoms with Crippen molar-refractivity contribution in [2.75, 3.05) is 4.90 Å². The molecule has 0 saturated heterocycles. The van der Waals surface area contributed by atoms with Crippen molar-refractivity contribution in [2.24, 2.45) is 0 Å². The van der Waals surface area contributed by atoms with Gasteiger partial charge in [-0.05, 0) is 122 Å². The van der Waals surface area contributed by atoms with Gasteiger partial charge in [0.1, 0.15) is 0 Å². The van der Waals surface area contributed by atoms with Crippen LogP contribution in [0.3, 0.4) is 0 Å². The normalized spacial score (nSPS) is 13.9. The van der Waals surface area contributed by atoms with Gasteiger partial charge in [-0.25, -0.2) is 0 Å². The molecule has 0 bridgehead atoms. The number of aromatic nitrogens is 1. The lowest BCUT2D eigenvalue weighted by atomic mass is 9.67. The van der Waals surface area contributed by atoms with E-state index in [2.05, 4.69) is 295 Å². The third-order valence-corrected chi connectivity index (χ3v) is 17.5. The second-order valence-electron chi connectivity index (χ2n) is 21.7. The number of hydrogen-bond acceptors (Lipinski definition) is 1. The smallest absolute Gasteiger partial charge is 0.0713 e. The van der Waals surface area contributed by atoms with Crippen LogP contribution in [0, 0.1) is 0 Å². The Morgan fingerprint density at radius 3 is 1.57 bits per heavy atom. The first-order chi connectivity index (χ1) is 39.3. The second kappa shape index (κ2) is 19.5. The first-order valence-electron chi connectivity index (χ1n) is 28.3. The van der Waals surface area contributed by atoms with Gasteiger partial charge in [0.25, 0.3) is 0 Å². The Bertz CT molecular complexity index is 4360. The number of nitrogens with zero attached hydrogens (tertiary/aromatic N) is 2. The summed E-state index contributed by atoms with van der Waals surface area (Å²) in [5.74, 6) is 0.532. The van der Waals surface area contributed by atoms with Crippen LogP contribution in [0.5, 0.6) is 0 Å². The summed E-state index contributed by atoms with van der Waals surface area (Å²) in [6.07, 6.45) is 6.35. The molecule has 0 amide bonds. The van der Waals surface area contributed by atoms with E-state index in [1.165, 1.54) is 120 Å². The minimum atomic E-state index is -0.543. The van der Waals surface area contributed by atoms with E-state index >= 15 is 0 Å². The molecule has 2 aliphatic carbocycles. The zero-order chi connectivity index (χ0) is 52.3. The van der Waals surface area contributed by atoms with Crippen molar-refractivity contribution in [2.45, 2.75) is 43.4 Å². The molecule has 0 atom stereocenters. The molecule has 79 heavy (non-hydrogen) atoms. The molecule has 2 heteroatoms. The van der Waals surface area contributed by atoms with Gasteiger partial charge >= 0.3 is 0 Å². The molecule has 1 fully saturated rings. The third kappa shape index (κ3) is 7.54. The van der Waals surface area contributed by atoms with Crippen LogP contribution in [0.25, 0.3) is 82.8 Å². The fourth-order valence-corrected chi connectivity index (χ4v) is 14.1. The van der Waals surface area contributed by atoms with Gasteiger partial charge in [-0.1, -0.05) is 262 Å². The maximum Gasteiger partial charge on any atom is 0.0713 e. The average Bonchev–Trinajstić information content (AvgIpc) is 4.27. The maximum atomic E-state index is 2.60. The van der Waals surface area contributed by atoms with Crippen LogP contribution in [0.2, 0.25) is 0 Å². The molecule has 0 unspecified atom stereocenters. The Hall–Kier alpha value is -9.50. The maximum absolute atomic E-state index is 2.60. The van der Waals surface area contributed by atoms with Crippen molar-refractivity contribution in [3.8, 4) is 50.2 Å². The Balaban J connectivity index is 1.01. The van der Waals surface area contributed by atoms with Gasteiger partial charge in [0, 0.05) is 38.7 Å². The first-order valence-corrected chi connectivity index (χ1v) is 28.3. The lowest BCUT2D eigenvalue weighted by Gasteiger charge is -2.34. The van der Waals surface area contributed by atoms with Gasteiger partial charge in [0.2, 0.25) is 0 Å². The fraction of sp³-hybridized carbons (Fsp3) is 0.0909. The van der Waals surface area contributed by atoms with E-state index in [-0.39, 0.29) is 0 Å². The SMILES string of the molecule is c1ccc(-n2c3ccccc3c3cccc(-c4ccccc4N(c4ccccc4-c4ccc5c(c4)C(c4ccccc4)(c4ccccc4)c4ccccc4-5)c4ccccc4-c4cccc5cccc(C6CCCCC6)c45)c32)cc1. The number of hydrogen-bond donors (Lipinski definition) is 0. The highest BCUT2D eigenvalue weighted by Gasteiger charge is 2.46. The van der Waals surface area contributed by atoms with Gasteiger partial charge in [-0.15, -0.1) is 0 Å². The quantitative estimate of drug-likeness (QED) is 0.133. The lowest BCUT2D eigenvalue weighted by Crippen LogP contribution is -2.28. The summed E-state index contributed by atoms with van der Waals surface area (Å²) < 4.78 is 2.47. The van der Waals surface area contributed by atoms with Crippen LogP contribution in [0.15, 0.2) is 285 Å². The van der Waals surface area contributed by atoms with E-state index < -0.39 is 5.41 Å². The van der Waals surface area contributed by atoms with Gasteiger partial charge in [-0.2, -0.15) is 0 Å². The van der Waals surface area contributed by atoms with Crippen molar-refractivity contribution < 1.29 is 0 Å². The summed E-state index contributed by atoms with van der Waals surface area (Å²) >= 11 is 0. The van der Waals surface area contributed by atoms with Gasteiger partial charge in [0.15, 0.2) is 0 Å². The number of anilines is 3. The van der Waals surface area contributed by atoms with Crippen LogP contribution in [-0.4, -0.2) is 4.57 Å². The van der Waals surface area contributed by atoms with Crippen LogP contribution in [-0.2, 0) is 5.41 Å². The Morgan fingerprint density at radius 1 is 0.354 bits per heavy atom. The summed E-state index contributed by atoms with van der Waals surface area (Å²) in [4.78, 5) is 2.60. The molecular weight excluding hydrogens is 953 g/mol. The predicted molar refractivity (Wildman–Crippen MR) is 332 cm³/mol. The van der Waals surface area contributed by atoms with Crippen molar-refractivity contribution in [3.63, 3.8) is 0 Å². The van der Waals surface area contributed by atoms with E-state index in [0.29, 0.717) is 5.92 Å². The lowest BCUT2D eigenvalue weighted by molar-refractivity contribution is 0.445. The highest BCUT2D eigenvalue weighted by Crippen LogP contribution is 2.58. The van der Waals surface area contributed by atoms with Gasteiger partial charge in [0.05, 0.1) is 33.5 Å². The highest BCUT2D eigenvalue weighted by atomic mass is 15.2. The monoisotopic (exact) mass is 1010 g/mol. The standard InChI is InChI=1S/C77H58N2/c1-5-26-53(27-6-1)60-41-23-28-54-29-24-42-66(75(54)60)63-38-15-21-48-73(63)79(74-49-22-17-40-65(74)68-44-25-43-67-64-39-16-20-47-72(64)78(76(67)68)58-34-11-4-12-35-58)71-46-19-14-36-59(71)55-50-51-62-61-37-13-18-45-69(61)77(70(62)52-55,56-30-7-2-8-31-56)57-32-9-3-10-33-57/h2-4,7-25,28-53H,1,5-6,26-27H2. The summed E-state index contributed by atoms with van der Waals surface area (Å²) in [5.41, 5.74) is 22.5. The molecule has 12 aromatic carbocycles. The Kier molecular flexibility index (Phi) is 11.5. The van der Waals surface area contributed by atoms with E-state index in [4.69, 9.17) is 0 Å². The second-order valence-corrected chi connectivity index (χ2v) is 21.7. The van der Waals surface area contributed by atoms with E-state index in [1.54, 1.807) is 0 Å². The van der Waals surface area contributed by atoms with Crippen LogP contribution < -0.4 is 4.90 Å². The summed E-state index contributed by atoms with van der Waals surface area (Å²) in [6, 6.07) is 107. The molecule has 0 N–H and O–H groups in total. The van der Waals surface area contributed by atoms with Crippen molar-refractivity contribution in [1.82, 2.24) is 4.57 Å². The molecule has 13 aromatic rings. The minimum absolute atomic E-state index is 0.532. The van der Waals surface area contributed by atoms with Gasteiger partial charge < -0.3 is 9.47 Å². The van der Waals surface area contributed by atoms with E-state index in [1.807, 2.05) is 0 Å². The number of para-hydroxylation sites is 6. The zero-order valence-corrected chi connectivity index (χ0v) is 44.1. The topological polar surface area (TPSA) is 8.17 Å². The van der Waals surface area contributed by atoms with Crippen molar-refractivity contribution >= 4 is 49.6 Å². The number of fused-ring (bicyclic) bond motifs is 7. The molecule has 0 aliphatic heterocycles. The first kappa shape index (κ1) is 46.8. The summed E-state index contributed by atoms with van der Waals surface area (Å²) in [7, 11) is 0. The number of benzene rings is 12. The predicted octanol–water partition coefficient (Wildman–Crippen LogP) is 20.8. The molecule has 1 heterocycles.